The Morgan fingerprint density at radius 3 is 3.31 bits per heavy atom. The van der Waals surface area contributed by atoms with Crippen LogP contribution < -0.4 is 5.32 Å². The van der Waals surface area contributed by atoms with E-state index in [2.05, 4.69) is 26.9 Å². The van der Waals surface area contributed by atoms with Crippen LogP contribution in [-0.4, -0.2) is 16.7 Å². The van der Waals surface area contributed by atoms with Gasteiger partial charge in [-0.3, -0.25) is 0 Å². The maximum atomic E-state index is 5.26. The standard InChI is InChI=1S/C11H13N3OS/c1-4-9(12-5-1)11-13-10(15-14-11)7-8-3-2-6-16-8/h2-3,6,9,12H,1,4-5,7H2/t9-/m1/s1. The third kappa shape index (κ3) is 2.01. The number of hydrogen-bond acceptors (Lipinski definition) is 5. The van der Waals surface area contributed by atoms with Crippen molar-refractivity contribution in [2.75, 3.05) is 6.54 Å². The summed E-state index contributed by atoms with van der Waals surface area (Å²) in [6, 6.07) is 4.42. The number of hydrogen-bond donors (Lipinski definition) is 1. The van der Waals surface area contributed by atoms with Crippen LogP contribution in [0.5, 0.6) is 0 Å². The van der Waals surface area contributed by atoms with E-state index in [4.69, 9.17) is 4.52 Å². The Balaban J connectivity index is 1.72. The highest BCUT2D eigenvalue weighted by Gasteiger charge is 2.21. The topological polar surface area (TPSA) is 51.0 Å². The van der Waals surface area contributed by atoms with E-state index in [1.807, 2.05) is 6.07 Å². The summed E-state index contributed by atoms with van der Waals surface area (Å²) in [4.78, 5) is 5.69. The van der Waals surface area contributed by atoms with Gasteiger partial charge in [-0.15, -0.1) is 11.3 Å². The van der Waals surface area contributed by atoms with E-state index in [0.717, 1.165) is 25.2 Å². The highest BCUT2D eigenvalue weighted by Crippen LogP contribution is 2.21. The maximum absolute atomic E-state index is 5.26. The molecule has 3 rings (SSSR count). The monoisotopic (exact) mass is 235 g/mol. The number of rotatable bonds is 3. The summed E-state index contributed by atoms with van der Waals surface area (Å²) >= 11 is 1.72. The van der Waals surface area contributed by atoms with Crippen LogP contribution in [0, 0.1) is 0 Å². The molecule has 1 fully saturated rings. The molecule has 1 N–H and O–H groups in total. The molecule has 3 heterocycles. The van der Waals surface area contributed by atoms with Gasteiger partial charge in [0.25, 0.3) is 0 Å². The SMILES string of the molecule is c1csc(Cc2nc([C@H]3CCCN3)no2)c1. The van der Waals surface area contributed by atoms with Gasteiger partial charge in [-0.25, -0.2) is 0 Å². The Labute approximate surface area is 97.7 Å². The van der Waals surface area contributed by atoms with Crippen LogP contribution in [0.4, 0.5) is 0 Å². The number of nitrogens with zero attached hydrogens (tertiary/aromatic N) is 2. The molecule has 1 aliphatic heterocycles. The third-order valence-electron chi connectivity index (χ3n) is 2.76. The lowest BCUT2D eigenvalue weighted by Gasteiger charge is -2.01. The minimum atomic E-state index is 0.292. The summed E-state index contributed by atoms with van der Waals surface area (Å²) in [5, 5.41) is 9.46. The fraction of sp³-hybridized carbons (Fsp3) is 0.455. The molecule has 0 bridgehead atoms. The second-order valence-electron chi connectivity index (χ2n) is 3.95. The van der Waals surface area contributed by atoms with Crippen LogP contribution in [0.2, 0.25) is 0 Å². The summed E-state index contributed by atoms with van der Waals surface area (Å²) in [6.45, 7) is 1.06. The molecule has 0 unspecified atom stereocenters. The maximum Gasteiger partial charge on any atom is 0.231 e. The van der Waals surface area contributed by atoms with Gasteiger partial charge >= 0.3 is 0 Å². The van der Waals surface area contributed by atoms with Crippen LogP contribution in [0.3, 0.4) is 0 Å². The quantitative estimate of drug-likeness (QED) is 0.885. The number of aromatic nitrogens is 2. The van der Waals surface area contributed by atoms with Gasteiger partial charge in [0.2, 0.25) is 5.89 Å². The van der Waals surface area contributed by atoms with Gasteiger partial charge in [-0.05, 0) is 30.8 Å². The molecule has 5 heteroatoms. The average molecular weight is 235 g/mol. The predicted octanol–water partition coefficient (Wildman–Crippen LogP) is 2.15. The molecule has 0 aromatic carbocycles. The minimum Gasteiger partial charge on any atom is -0.339 e. The van der Waals surface area contributed by atoms with E-state index in [0.29, 0.717) is 11.9 Å². The molecule has 1 saturated heterocycles. The summed E-state index contributed by atoms with van der Waals surface area (Å²) in [7, 11) is 0. The zero-order valence-electron chi connectivity index (χ0n) is 8.85. The van der Waals surface area contributed by atoms with Crippen LogP contribution >= 0.6 is 11.3 Å². The summed E-state index contributed by atoms with van der Waals surface area (Å²) in [5.74, 6) is 1.52. The van der Waals surface area contributed by atoms with Gasteiger partial charge < -0.3 is 9.84 Å². The van der Waals surface area contributed by atoms with E-state index in [1.165, 1.54) is 11.3 Å². The van der Waals surface area contributed by atoms with Crippen LogP contribution in [0.25, 0.3) is 0 Å². The first-order chi connectivity index (χ1) is 7.92. The molecule has 0 radical (unpaired) electrons. The number of thiophene rings is 1. The van der Waals surface area contributed by atoms with Crippen molar-refractivity contribution < 1.29 is 4.52 Å². The largest absolute Gasteiger partial charge is 0.339 e. The second kappa shape index (κ2) is 4.35. The molecule has 0 spiro atoms. The fourth-order valence-corrected chi connectivity index (χ4v) is 2.64. The lowest BCUT2D eigenvalue weighted by molar-refractivity contribution is 0.374. The van der Waals surface area contributed by atoms with E-state index >= 15 is 0 Å². The van der Waals surface area contributed by atoms with Gasteiger partial charge in [-0.1, -0.05) is 11.2 Å². The first-order valence-corrected chi connectivity index (χ1v) is 6.38. The fourth-order valence-electron chi connectivity index (χ4n) is 1.95. The first-order valence-electron chi connectivity index (χ1n) is 5.50. The van der Waals surface area contributed by atoms with Crippen LogP contribution in [0.15, 0.2) is 22.0 Å². The van der Waals surface area contributed by atoms with Crippen molar-refractivity contribution >= 4 is 11.3 Å². The Morgan fingerprint density at radius 1 is 1.56 bits per heavy atom. The average Bonchev–Trinajstić information content (AvgIpc) is 2.99. The Morgan fingerprint density at radius 2 is 2.56 bits per heavy atom. The zero-order chi connectivity index (χ0) is 10.8. The van der Waals surface area contributed by atoms with Gasteiger partial charge in [0.15, 0.2) is 5.82 Å². The van der Waals surface area contributed by atoms with Gasteiger partial charge in [-0.2, -0.15) is 4.98 Å². The molecule has 2 aromatic heterocycles. The van der Waals surface area contributed by atoms with Crippen molar-refractivity contribution in [2.24, 2.45) is 0 Å². The molecular formula is C11H13N3OS. The Bertz CT molecular complexity index is 446. The molecule has 1 atom stereocenters. The molecule has 0 aliphatic carbocycles. The number of nitrogens with one attached hydrogen (secondary N) is 1. The zero-order valence-corrected chi connectivity index (χ0v) is 9.67. The van der Waals surface area contributed by atoms with E-state index in [9.17, 15) is 0 Å². The van der Waals surface area contributed by atoms with Crippen molar-refractivity contribution in [3.63, 3.8) is 0 Å². The molecule has 84 valence electrons. The summed E-state index contributed by atoms with van der Waals surface area (Å²) < 4.78 is 5.26. The van der Waals surface area contributed by atoms with E-state index in [1.54, 1.807) is 11.3 Å². The van der Waals surface area contributed by atoms with Gasteiger partial charge in [0, 0.05) is 4.88 Å². The van der Waals surface area contributed by atoms with Crippen molar-refractivity contribution in [2.45, 2.75) is 25.3 Å². The second-order valence-corrected chi connectivity index (χ2v) is 4.98. The molecular weight excluding hydrogens is 222 g/mol. The smallest absolute Gasteiger partial charge is 0.231 e. The van der Waals surface area contributed by atoms with Crippen molar-refractivity contribution in [1.29, 1.82) is 0 Å². The minimum absolute atomic E-state index is 0.292. The lowest BCUT2D eigenvalue weighted by atomic mass is 10.2. The highest BCUT2D eigenvalue weighted by molar-refractivity contribution is 7.09. The summed E-state index contributed by atoms with van der Waals surface area (Å²) in [5.41, 5.74) is 0. The lowest BCUT2D eigenvalue weighted by Crippen LogP contribution is -2.14. The van der Waals surface area contributed by atoms with Crippen LogP contribution in [-0.2, 0) is 6.42 Å². The molecule has 0 saturated carbocycles. The molecule has 1 aliphatic rings. The first kappa shape index (κ1) is 9.99. The molecule has 4 nitrogen and oxygen atoms in total. The van der Waals surface area contributed by atoms with Crippen LogP contribution in [0.1, 0.15) is 35.5 Å². The van der Waals surface area contributed by atoms with E-state index in [-0.39, 0.29) is 0 Å². The van der Waals surface area contributed by atoms with Gasteiger partial charge in [0.1, 0.15) is 0 Å². The third-order valence-corrected chi connectivity index (χ3v) is 3.64. The van der Waals surface area contributed by atoms with Crippen molar-refractivity contribution in [3.8, 4) is 0 Å². The highest BCUT2D eigenvalue weighted by atomic mass is 32.1. The van der Waals surface area contributed by atoms with E-state index < -0.39 is 0 Å². The normalized spacial score (nSPS) is 20.4. The van der Waals surface area contributed by atoms with Crippen molar-refractivity contribution in [1.82, 2.24) is 15.5 Å². The molecule has 2 aromatic rings. The van der Waals surface area contributed by atoms with Gasteiger partial charge in [0.05, 0.1) is 12.5 Å². The van der Waals surface area contributed by atoms with Crippen molar-refractivity contribution in [3.05, 3.63) is 34.1 Å². The Hall–Kier alpha value is -1.20. The Kier molecular flexibility index (Phi) is 2.71. The summed E-state index contributed by atoms with van der Waals surface area (Å²) in [6.07, 6.45) is 3.05. The molecule has 16 heavy (non-hydrogen) atoms. The molecule has 0 amide bonds. The predicted molar refractivity (Wildman–Crippen MR) is 61.4 cm³/mol.